The molecule has 0 fully saturated rings. The molecule has 1 unspecified atom stereocenters. The van der Waals surface area contributed by atoms with Gasteiger partial charge in [0, 0.05) is 17.2 Å². The number of rotatable bonds is 5. The fourth-order valence-corrected chi connectivity index (χ4v) is 1.62. The SMILES string of the molecule is CCCCC(C)C(=O)c1cccc(N)c1. The van der Waals surface area contributed by atoms with E-state index < -0.39 is 0 Å². The van der Waals surface area contributed by atoms with Crippen LogP contribution in [0.3, 0.4) is 0 Å². The Labute approximate surface area is 91.5 Å². The molecular formula is C13H19NO. The van der Waals surface area contributed by atoms with Gasteiger partial charge < -0.3 is 5.73 Å². The number of hydrogen-bond donors (Lipinski definition) is 1. The number of nitrogen functional groups attached to an aromatic ring is 1. The molecule has 0 aromatic heterocycles. The van der Waals surface area contributed by atoms with Gasteiger partial charge in [0.25, 0.3) is 0 Å². The molecule has 0 saturated heterocycles. The minimum atomic E-state index is 0.103. The van der Waals surface area contributed by atoms with E-state index in [1.165, 1.54) is 0 Å². The van der Waals surface area contributed by atoms with Gasteiger partial charge in [0.2, 0.25) is 0 Å². The lowest BCUT2D eigenvalue weighted by molar-refractivity contribution is 0.0922. The molecule has 0 aliphatic rings. The molecule has 2 heteroatoms. The highest BCUT2D eigenvalue weighted by molar-refractivity contribution is 5.98. The molecule has 1 aromatic rings. The molecule has 0 spiro atoms. The van der Waals surface area contributed by atoms with E-state index in [0.717, 1.165) is 24.8 Å². The van der Waals surface area contributed by atoms with Crippen LogP contribution in [0, 0.1) is 5.92 Å². The highest BCUT2D eigenvalue weighted by atomic mass is 16.1. The van der Waals surface area contributed by atoms with Gasteiger partial charge in [-0.05, 0) is 18.6 Å². The molecule has 0 amide bonds. The second-order valence-corrected chi connectivity index (χ2v) is 4.03. The van der Waals surface area contributed by atoms with Crippen LogP contribution in [0.1, 0.15) is 43.5 Å². The van der Waals surface area contributed by atoms with Gasteiger partial charge in [-0.3, -0.25) is 4.79 Å². The Morgan fingerprint density at radius 1 is 1.47 bits per heavy atom. The van der Waals surface area contributed by atoms with Crippen LogP contribution in [0.5, 0.6) is 0 Å². The van der Waals surface area contributed by atoms with E-state index in [2.05, 4.69) is 6.92 Å². The lowest BCUT2D eigenvalue weighted by Crippen LogP contribution is -2.11. The van der Waals surface area contributed by atoms with E-state index in [1.807, 2.05) is 19.1 Å². The first-order valence-electron chi connectivity index (χ1n) is 5.55. The van der Waals surface area contributed by atoms with Crippen LogP contribution >= 0.6 is 0 Å². The van der Waals surface area contributed by atoms with Gasteiger partial charge in [0.15, 0.2) is 5.78 Å². The van der Waals surface area contributed by atoms with Crippen LogP contribution in [0.4, 0.5) is 5.69 Å². The fraction of sp³-hybridized carbons (Fsp3) is 0.462. The monoisotopic (exact) mass is 205 g/mol. The normalized spacial score (nSPS) is 12.4. The Morgan fingerprint density at radius 2 is 2.20 bits per heavy atom. The van der Waals surface area contributed by atoms with Crippen molar-refractivity contribution in [2.75, 3.05) is 5.73 Å². The van der Waals surface area contributed by atoms with Crippen LogP contribution < -0.4 is 5.73 Å². The topological polar surface area (TPSA) is 43.1 Å². The number of nitrogens with two attached hydrogens (primary N) is 1. The average molecular weight is 205 g/mol. The second-order valence-electron chi connectivity index (χ2n) is 4.03. The average Bonchev–Trinajstić information content (AvgIpc) is 2.24. The van der Waals surface area contributed by atoms with E-state index in [4.69, 9.17) is 5.73 Å². The zero-order valence-electron chi connectivity index (χ0n) is 9.49. The van der Waals surface area contributed by atoms with Gasteiger partial charge in [0.05, 0.1) is 0 Å². The summed E-state index contributed by atoms with van der Waals surface area (Å²) in [4.78, 5) is 11.9. The van der Waals surface area contributed by atoms with Crippen molar-refractivity contribution >= 4 is 11.5 Å². The smallest absolute Gasteiger partial charge is 0.165 e. The highest BCUT2D eigenvalue weighted by Gasteiger charge is 2.14. The summed E-state index contributed by atoms with van der Waals surface area (Å²) in [6.45, 7) is 4.12. The summed E-state index contributed by atoms with van der Waals surface area (Å²) < 4.78 is 0. The molecule has 0 radical (unpaired) electrons. The Morgan fingerprint density at radius 3 is 2.80 bits per heavy atom. The van der Waals surface area contributed by atoms with Crippen molar-refractivity contribution in [2.24, 2.45) is 5.92 Å². The maximum Gasteiger partial charge on any atom is 0.165 e. The van der Waals surface area contributed by atoms with E-state index in [-0.39, 0.29) is 11.7 Å². The highest BCUT2D eigenvalue weighted by Crippen LogP contribution is 2.16. The fourth-order valence-electron chi connectivity index (χ4n) is 1.62. The number of anilines is 1. The molecule has 15 heavy (non-hydrogen) atoms. The maximum absolute atomic E-state index is 11.9. The lowest BCUT2D eigenvalue weighted by atomic mass is 9.94. The van der Waals surface area contributed by atoms with E-state index in [9.17, 15) is 4.79 Å². The van der Waals surface area contributed by atoms with Crippen LogP contribution in [0.2, 0.25) is 0 Å². The van der Waals surface area contributed by atoms with Crippen LogP contribution in [-0.2, 0) is 0 Å². The lowest BCUT2D eigenvalue weighted by Gasteiger charge is -2.09. The van der Waals surface area contributed by atoms with Crippen molar-refractivity contribution in [3.05, 3.63) is 29.8 Å². The quantitative estimate of drug-likeness (QED) is 0.592. The number of Topliss-reactive ketones (excluding diaryl/α,β-unsaturated/α-hetero) is 1. The summed E-state index contributed by atoms with van der Waals surface area (Å²) in [7, 11) is 0. The third-order valence-electron chi connectivity index (χ3n) is 2.61. The first kappa shape index (κ1) is 11.8. The Hall–Kier alpha value is -1.31. The molecule has 2 N–H and O–H groups in total. The van der Waals surface area contributed by atoms with Gasteiger partial charge in [-0.15, -0.1) is 0 Å². The van der Waals surface area contributed by atoms with E-state index in [1.54, 1.807) is 12.1 Å². The molecule has 0 aliphatic carbocycles. The molecule has 0 saturated carbocycles. The third-order valence-corrected chi connectivity index (χ3v) is 2.61. The van der Waals surface area contributed by atoms with Crippen LogP contribution in [0.15, 0.2) is 24.3 Å². The predicted octanol–water partition coefficient (Wildman–Crippen LogP) is 3.28. The van der Waals surface area contributed by atoms with Crippen molar-refractivity contribution in [1.29, 1.82) is 0 Å². The maximum atomic E-state index is 11.9. The van der Waals surface area contributed by atoms with Crippen molar-refractivity contribution in [3.8, 4) is 0 Å². The summed E-state index contributed by atoms with van der Waals surface area (Å²) in [6, 6.07) is 7.22. The molecule has 0 bridgehead atoms. The summed E-state index contributed by atoms with van der Waals surface area (Å²) in [5, 5.41) is 0. The van der Waals surface area contributed by atoms with Gasteiger partial charge in [-0.2, -0.15) is 0 Å². The van der Waals surface area contributed by atoms with Gasteiger partial charge in [0.1, 0.15) is 0 Å². The number of unbranched alkanes of at least 4 members (excludes halogenated alkanes) is 1. The summed E-state index contributed by atoms with van der Waals surface area (Å²) in [5.41, 5.74) is 7.04. The van der Waals surface area contributed by atoms with Gasteiger partial charge in [-0.25, -0.2) is 0 Å². The van der Waals surface area contributed by atoms with E-state index >= 15 is 0 Å². The first-order valence-corrected chi connectivity index (χ1v) is 5.55. The molecular weight excluding hydrogens is 186 g/mol. The minimum Gasteiger partial charge on any atom is -0.399 e. The van der Waals surface area contributed by atoms with E-state index in [0.29, 0.717) is 5.69 Å². The van der Waals surface area contributed by atoms with Crippen LogP contribution in [-0.4, -0.2) is 5.78 Å². The number of hydrogen-bond acceptors (Lipinski definition) is 2. The minimum absolute atomic E-state index is 0.103. The zero-order valence-corrected chi connectivity index (χ0v) is 9.49. The Balaban J connectivity index is 2.67. The summed E-state index contributed by atoms with van der Waals surface area (Å²) in [6.07, 6.45) is 3.20. The number of ketones is 1. The molecule has 0 heterocycles. The number of benzene rings is 1. The summed E-state index contributed by atoms with van der Waals surface area (Å²) >= 11 is 0. The second kappa shape index (κ2) is 5.54. The van der Waals surface area contributed by atoms with Crippen molar-refractivity contribution < 1.29 is 4.79 Å². The van der Waals surface area contributed by atoms with Crippen molar-refractivity contribution in [2.45, 2.75) is 33.1 Å². The predicted molar refractivity (Wildman–Crippen MR) is 63.9 cm³/mol. The number of carbonyl (C=O) groups excluding carboxylic acids is 1. The number of carbonyl (C=O) groups is 1. The molecule has 1 aromatic carbocycles. The third kappa shape index (κ3) is 3.39. The van der Waals surface area contributed by atoms with Crippen LogP contribution in [0.25, 0.3) is 0 Å². The molecule has 82 valence electrons. The standard InChI is InChI=1S/C13H19NO/c1-3-4-6-10(2)13(15)11-7-5-8-12(14)9-11/h5,7-10H,3-4,6,14H2,1-2H3. The zero-order chi connectivity index (χ0) is 11.3. The van der Waals surface area contributed by atoms with Crippen molar-refractivity contribution in [3.63, 3.8) is 0 Å². The molecule has 0 aliphatic heterocycles. The van der Waals surface area contributed by atoms with Crippen molar-refractivity contribution in [1.82, 2.24) is 0 Å². The Bertz CT molecular complexity index is 333. The first-order chi connectivity index (χ1) is 7.15. The molecule has 1 rings (SSSR count). The molecule has 1 atom stereocenters. The van der Waals surface area contributed by atoms with Gasteiger partial charge >= 0.3 is 0 Å². The molecule has 2 nitrogen and oxygen atoms in total. The Kier molecular flexibility index (Phi) is 4.35. The summed E-state index contributed by atoms with van der Waals surface area (Å²) in [5.74, 6) is 0.308. The van der Waals surface area contributed by atoms with Gasteiger partial charge in [-0.1, -0.05) is 38.8 Å². The largest absolute Gasteiger partial charge is 0.399 e.